The first-order valence-electron chi connectivity index (χ1n) is 3.02. The molecular weight excluding hydrogens is 144 g/mol. The average Bonchev–Trinajstić information content (AvgIpc) is 2.05. The molecular formula is C7H10N2S. The molecule has 10 heavy (non-hydrogen) atoms. The molecule has 1 aromatic rings. The van der Waals surface area contributed by atoms with Crippen LogP contribution in [0.3, 0.4) is 0 Å². The fourth-order valence-corrected chi connectivity index (χ4v) is 1.12. The van der Waals surface area contributed by atoms with Crippen molar-refractivity contribution in [3.8, 4) is 0 Å². The van der Waals surface area contributed by atoms with Gasteiger partial charge < -0.3 is 5.73 Å². The molecule has 0 aliphatic rings. The number of hydrogen-bond acceptors (Lipinski definition) is 3. The van der Waals surface area contributed by atoms with Crippen molar-refractivity contribution < 1.29 is 0 Å². The molecule has 0 spiro atoms. The lowest BCUT2D eigenvalue weighted by Gasteiger charge is -1.97. The highest BCUT2D eigenvalue weighted by atomic mass is 32.2. The lowest BCUT2D eigenvalue weighted by molar-refractivity contribution is 1.06. The van der Waals surface area contributed by atoms with Gasteiger partial charge in [0.2, 0.25) is 0 Å². The molecule has 54 valence electrons. The van der Waals surface area contributed by atoms with Gasteiger partial charge in [-0.1, -0.05) is 12.1 Å². The van der Waals surface area contributed by atoms with Gasteiger partial charge in [0.1, 0.15) is 0 Å². The first kappa shape index (κ1) is 7.60. The van der Waals surface area contributed by atoms with Crippen molar-refractivity contribution in [3.63, 3.8) is 0 Å². The fourth-order valence-electron chi connectivity index (χ4n) is 0.746. The minimum absolute atomic E-state index is 0.578. The molecule has 3 heteroatoms. The van der Waals surface area contributed by atoms with Crippen molar-refractivity contribution in [2.24, 2.45) is 10.9 Å². The quantitative estimate of drug-likeness (QED) is 0.627. The van der Waals surface area contributed by atoms with Gasteiger partial charge in [0.05, 0.1) is 0 Å². The normalized spacial score (nSPS) is 9.80. The maximum atomic E-state index is 5.42. The van der Waals surface area contributed by atoms with Crippen LogP contribution in [0.25, 0.3) is 0 Å². The van der Waals surface area contributed by atoms with Crippen LogP contribution in [0.4, 0.5) is 0 Å². The summed E-state index contributed by atoms with van der Waals surface area (Å²) in [6.07, 6.45) is 0. The fraction of sp³-hybridized carbons (Fsp3) is 0.143. The van der Waals surface area contributed by atoms with E-state index in [0.29, 0.717) is 6.54 Å². The van der Waals surface area contributed by atoms with Crippen LogP contribution >= 0.6 is 11.9 Å². The Hall–Kier alpha value is -0.510. The van der Waals surface area contributed by atoms with E-state index in [1.54, 1.807) is 0 Å². The van der Waals surface area contributed by atoms with Crippen molar-refractivity contribution in [1.29, 1.82) is 0 Å². The van der Waals surface area contributed by atoms with Gasteiger partial charge in [-0.25, -0.2) is 0 Å². The lowest BCUT2D eigenvalue weighted by Crippen LogP contribution is -1.95. The maximum Gasteiger partial charge on any atom is 0.0229 e. The third-order valence-corrected chi connectivity index (χ3v) is 1.80. The van der Waals surface area contributed by atoms with Crippen molar-refractivity contribution >= 4 is 11.9 Å². The number of hydrogen-bond donors (Lipinski definition) is 2. The maximum absolute atomic E-state index is 5.42. The highest BCUT2D eigenvalue weighted by Gasteiger charge is 1.90. The van der Waals surface area contributed by atoms with E-state index in [9.17, 15) is 0 Å². The molecule has 0 saturated carbocycles. The van der Waals surface area contributed by atoms with Crippen LogP contribution in [-0.2, 0) is 6.54 Å². The Balaban J connectivity index is 2.87. The molecule has 0 bridgehead atoms. The van der Waals surface area contributed by atoms with Crippen LogP contribution in [0.15, 0.2) is 29.2 Å². The van der Waals surface area contributed by atoms with Crippen molar-refractivity contribution in [3.05, 3.63) is 29.8 Å². The van der Waals surface area contributed by atoms with Crippen LogP contribution in [0, 0.1) is 0 Å². The molecule has 2 nitrogen and oxygen atoms in total. The van der Waals surface area contributed by atoms with E-state index in [1.807, 2.05) is 24.3 Å². The predicted octanol–water partition coefficient (Wildman–Crippen LogP) is 1.11. The summed E-state index contributed by atoms with van der Waals surface area (Å²) in [5, 5.41) is 5.35. The van der Waals surface area contributed by atoms with Gasteiger partial charge in [-0.3, -0.25) is 5.14 Å². The monoisotopic (exact) mass is 154 g/mol. The summed E-state index contributed by atoms with van der Waals surface area (Å²) in [6.45, 7) is 0.578. The standard InChI is InChI=1S/C7H10N2S/c8-5-6-2-1-3-7(4-6)10-9/h1-4H,5,8-9H2. The van der Waals surface area contributed by atoms with Crippen LogP contribution in [0.1, 0.15) is 5.56 Å². The zero-order chi connectivity index (χ0) is 7.40. The molecule has 1 aromatic carbocycles. The van der Waals surface area contributed by atoms with E-state index < -0.39 is 0 Å². The van der Waals surface area contributed by atoms with Gasteiger partial charge in [0.25, 0.3) is 0 Å². The van der Waals surface area contributed by atoms with Crippen LogP contribution in [0.5, 0.6) is 0 Å². The Morgan fingerprint density at radius 2 is 2.20 bits per heavy atom. The molecule has 1 rings (SSSR count). The molecule has 0 aliphatic carbocycles. The minimum Gasteiger partial charge on any atom is -0.326 e. The minimum atomic E-state index is 0.578. The third-order valence-electron chi connectivity index (χ3n) is 1.27. The Bertz CT molecular complexity index is 193. The molecule has 0 heterocycles. The summed E-state index contributed by atoms with van der Waals surface area (Å²) >= 11 is 1.24. The summed E-state index contributed by atoms with van der Waals surface area (Å²) in [5.41, 5.74) is 6.54. The van der Waals surface area contributed by atoms with Gasteiger partial charge in [0.15, 0.2) is 0 Å². The molecule has 0 aliphatic heterocycles. The van der Waals surface area contributed by atoms with Crippen molar-refractivity contribution in [2.75, 3.05) is 0 Å². The van der Waals surface area contributed by atoms with Gasteiger partial charge in [-0.2, -0.15) is 0 Å². The number of nitrogens with two attached hydrogens (primary N) is 2. The summed E-state index contributed by atoms with van der Waals surface area (Å²) < 4.78 is 0. The second-order valence-corrected chi connectivity index (χ2v) is 2.68. The Kier molecular flexibility index (Phi) is 2.74. The topological polar surface area (TPSA) is 52.0 Å². The Morgan fingerprint density at radius 1 is 1.40 bits per heavy atom. The Labute approximate surface area is 64.7 Å². The van der Waals surface area contributed by atoms with Crippen molar-refractivity contribution in [1.82, 2.24) is 0 Å². The van der Waals surface area contributed by atoms with E-state index in [4.69, 9.17) is 10.9 Å². The predicted molar refractivity (Wildman–Crippen MR) is 44.4 cm³/mol. The SMILES string of the molecule is NCc1cccc(SN)c1. The van der Waals surface area contributed by atoms with E-state index in [2.05, 4.69) is 0 Å². The molecule has 4 N–H and O–H groups in total. The molecule has 0 saturated heterocycles. The molecule has 0 unspecified atom stereocenters. The summed E-state index contributed by atoms with van der Waals surface area (Å²) in [5.74, 6) is 0. The molecule has 0 atom stereocenters. The molecule has 0 aromatic heterocycles. The Morgan fingerprint density at radius 3 is 2.80 bits per heavy atom. The number of rotatable bonds is 2. The van der Waals surface area contributed by atoms with Crippen LogP contribution in [0.2, 0.25) is 0 Å². The third kappa shape index (κ3) is 1.73. The molecule has 0 fully saturated rings. The average molecular weight is 154 g/mol. The van der Waals surface area contributed by atoms with Gasteiger partial charge in [-0.15, -0.1) is 0 Å². The van der Waals surface area contributed by atoms with Gasteiger partial charge in [-0.05, 0) is 29.6 Å². The largest absolute Gasteiger partial charge is 0.326 e. The van der Waals surface area contributed by atoms with E-state index in [1.165, 1.54) is 11.9 Å². The first-order valence-corrected chi connectivity index (χ1v) is 3.90. The summed E-state index contributed by atoms with van der Waals surface area (Å²) in [7, 11) is 0. The van der Waals surface area contributed by atoms with Crippen molar-refractivity contribution in [2.45, 2.75) is 11.4 Å². The van der Waals surface area contributed by atoms with Crippen LogP contribution < -0.4 is 10.9 Å². The zero-order valence-corrected chi connectivity index (χ0v) is 6.40. The van der Waals surface area contributed by atoms with Gasteiger partial charge >= 0.3 is 0 Å². The van der Waals surface area contributed by atoms with E-state index in [-0.39, 0.29) is 0 Å². The second-order valence-electron chi connectivity index (χ2n) is 1.97. The first-order chi connectivity index (χ1) is 4.86. The van der Waals surface area contributed by atoms with E-state index in [0.717, 1.165) is 10.5 Å². The number of benzene rings is 1. The summed E-state index contributed by atoms with van der Waals surface area (Å²) in [4.78, 5) is 1.06. The molecule has 0 amide bonds. The zero-order valence-electron chi connectivity index (χ0n) is 5.58. The highest BCUT2D eigenvalue weighted by Crippen LogP contribution is 2.12. The highest BCUT2D eigenvalue weighted by molar-refractivity contribution is 7.97. The van der Waals surface area contributed by atoms with Gasteiger partial charge in [0, 0.05) is 11.4 Å². The second kappa shape index (κ2) is 3.61. The smallest absolute Gasteiger partial charge is 0.0229 e. The van der Waals surface area contributed by atoms with Crippen LogP contribution in [-0.4, -0.2) is 0 Å². The summed E-state index contributed by atoms with van der Waals surface area (Å²) in [6, 6.07) is 7.89. The van der Waals surface area contributed by atoms with E-state index >= 15 is 0 Å². The molecule has 0 radical (unpaired) electrons. The lowest BCUT2D eigenvalue weighted by atomic mass is 10.2.